The monoisotopic (exact) mass is 252 g/mol. The first-order valence-corrected chi connectivity index (χ1v) is 6.96. The molecular formula is C15H24O3. The largest absolute Gasteiger partial charge is 0.466 e. The summed E-state index contributed by atoms with van der Waals surface area (Å²) >= 11 is 0. The molecule has 1 unspecified atom stereocenters. The maximum atomic E-state index is 12.1. The Morgan fingerprint density at radius 2 is 2.06 bits per heavy atom. The van der Waals surface area contributed by atoms with Crippen LogP contribution in [0.4, 0.5) is 0 Å². The molecule has 1 saturated carbocycles. The minimum Gasteiger partial charge on any atom is -0.466 e. The van der Waals surface area contributed by atoms with Crippen LogP contribution >= 0.6 is 0 Å². The normalized spacial score (nSPS) is 17.4. The highest BCUT2D eigenvalue weighted by Gasteiger charge is 2.25. The summed E-state index contributed by atoms with van der Waals surface area (Å²) in [6.07, 6.45) is 8.27. The quantitative estimate of drug-likeness (QED) is 0.378. The third kappa shape index (κ3) is 5.03. The van der Waals surface area contributed by atoms with Crippen LogP contribution in [0.1, 0.15) is 51.9 Å². The summed E-state index contributed by atoms with van der Waals surface area (Å²) in [7, 11) is 0. The van der Waals surface area contributed by atoms with Crippen LogP contribution in [0.2, 0.25) is 0 Å². The molecule has 1 fully saturated rings. The van der Waals surface area contributed by atoms with Crippen molar-refractivity contribution in [3.63, 3.8) is 0 Å². The zero-order valence-corrected chi connectivity index (χ0v) is 11.3. The minimum absolute atomic E-state index is 0.0141. The van der Waals surface area contributed by atoms with E-state index >= 15 is 0 Å². The zero-order valence-electron chi connectivity index (χ0n) is 11.3. The zero-order chi connectivity index (χ0) is 13.4. The summed E-state index contributed by atoms with van der Waals surface area (Å²) in [6, 6.07) is 0. The van der Waals surface area contributed by atoms with Gasteiger partial charge in [0.15, 0.2) is 0 Å². The van der Waals surface area contributed by atoms with Crippen molar-refractivity contribution in [2.75, 3.05) is 6.61 Å². The van der Waals surface area contributed by atoms with Gasteiger partial charge in [-0.15, -0.1) is 6.58 Å². The highest BCUT2D eigenvalue weighted by molar-refractivity contribution is 5.96. The van der Waals surface area contributed by atoms with Crippen LogP contribution in [0, 0.1) is 11.8 Å². The maximum absolute atomic E-state index is 12.1. The number of hydrogen-bond donors (Lipinski definition) is 0. The summed E-state index contributed by atoms with van der Waals surface area (Å²) < 4.78 is 4.83. The number of allylic oxidation sites excluding steroid dienone is 1. The average molecular weight is 252 g/mol. The second-order valence-electron chi connectivity index (χ2n) is 5.06. The van der Waals surface area contributed by atoms with Crippen molar-refractivity contribution < 1.29 is 14.3 Å². The van der Waals surface area contributed by atoms with Gasteiger partial charge in [-0.05, 0) is 25.7 Å². The fourth-order valence-corrected chi connectivity index (χ4v) is 2.71. The van der Waals surface area contributed by atoms with Gasteiger partial charge in [-0.3, -0.25) is 9.59 Å². The lowest BCUT2D eigenvalue weighted by Crippen LogP contribution is -2.21. The molecule has 0 aliphatic heterocycles. The van der Waals surface area contributed by atoms with E-state index in [2.05, 4.69) is 6.58 Å². The molecule has 3 nitrogen and oxygen atoms in total. The Bertz CT molecular complexity index is 290. The number of Topliss-reactive ketones (excluding diaryl/α,β-unsaturated/α-hetero) is 1. The Morgan fingerprint density at radius 3 is 2.61 bits per heavy atom. The number of carbonyl (C=O) groups excluding carboxylic acids is 2. The third-order valence-corrected chi connectivity index (χ3v) is 3.62. The molecule has 1 aliphatic carbocycles. The Hall–Kier alpha value is -1.12. The van der Waals surface area contributed by atoms with Gasteiger partial charge in [0, 0.05) is 5.92 Å². The predicted molar refractivity (Wildman–Crippen MR) is 71.1 cm³/mol. The first kappa shape index (κ1) is 14.9. The van der Waals surface area contributed by atoms with Gasteiger partial charge in [0.1, 0.15) is 12.2 Å². The van der Waals surface area contributed by atoms with Gasteiger partial charge in [0.25, 0.3) is 0 Å². The molecule has 18 heavy (non-hydrogen) atoms. The van der Waals surface area contributed by atoms with E-state index in [9.17, 15) is 9.59 Å². The van der Waals surface area contributed by atoms with E-state index in [0.29, 0.717) is 18.9 Å². The summed E-state index contributed by atoms with van der Waals surface area (Å²) in [6.45, 7) is 5.79. The molecular weight excluding hydrogens is 228 g/mol. The SMILES string of the molecule is C=CCC(CC1CCCC1)C(=O)CC(=O)OCC. The molecule has 0 amide bonds. The first-order valence-electron chi connectivity index (χ1n) is 6.96. The molecule has 0 spiro atoms. The van der Waals surface area contributed by atoms with E-state index in [1.54, 1.807) is 13.0 Å². The second-order valence-corrected chi connectivity index (χ2v) is 5.06. The summed E-state index contributed by atoms with van der Waals surface area (Å²) in [5.74, 6) is 0.222. The van der Waals surface area contributed by atoms with Crippen molar-refractivity contribution in [3.05, 3.63) is 12.7 Å². The molecule has 0 aromatic carbocycles. The van der Waals surface area contributed by atoms with Crippen LogP contribution in [0.3, 0.4) is 0 Å². The van der Waals surface area contributed by atoms with Crippen molar-refractivity contribution in [2.24, 2.45) is 11.8 Å². The lowest BCUT2D eigenvalue weighted by atomic mass is 9.87. The van der Waals surface area contributed by atoms with Gasteiger partial charge in [0.05, 0.1) is 6.61 Å². The molecule has 0 bridgehead atoms. The van der Waals surface area contributed by atoms with Crippen LogP contribution in [-0.4, -0.2) is 18.4 Å². The second kappa shape index (κ2) is 8.06. The number of carbonyl (C=O) groups is 2. The third-order valence-electron chi connectivity index (χ3n) is 3.62. The molecule has 1 aliphatic rings. The van der Waals surface area contributed by atoms with Gasteiger partial charge in [-0.2, -0.15) is 0 Å². The van der Waals surface area contributed by atoms with Crippen molar-refractivity contribution in [2.45, 2.75) is 51.9 Å². The van der Waals surface area contributed by atoms with Gasteiger partial charge >= 0.3 is 5.97 Å². The average Bonchev–Trinajstić information content (AvgIpc) is 2.81. The molecule has 0 saturated heterocycles. The number of ketones is 1. The van der Waals surface area contributed by atoms with Crippen molar-refractivity contribution >= 4 is 11.8 Å². The number of hydrogen-bond acceptors (Lipinski definition) is 3. The maximum Gasteiger partial charge on any atom is 0.313 e. The van der Waals surface area contributed by atoms with Gasteiger partial charge < -0.3 is 4.74 Å². The van der Waals surface area contributed by atoms with Gasteiger partial charge in [-0.1, -0.05) is 31.8 Å². The van der Waals surface area contributed by atoms with Crippen molar-refractivity contribution in [3.8, 4) is 0 Å². The molecule has 0 radical (unpaired) electrons. The van der Waals surface area contributed by atoms with Crippen molar-refractivity contribution in [1.82, 2.24) is 0 Å². The first-order chi connectivity index (χ1) is 8.67. The highest BCUT2D eigenvalue weighted by atomic mass is 16.5. The van der Waals surface area contributed by atoms with E-state index in [1.807, 2.05) is 0 Å². The van der Waals surface area contributed by atoms with E-state index in [1.165, 1.54) is 25.7 Å². The van der Waals surface area contributed by atoms with Crippen LogP contribution in [0.5, 0.6) is 0 Å². The highest BCUT2D eigenvalue weighted by Crippen LogP contribution is 2.32. The van der Waals surface area contributed by atoms with Gasteiger partial charge in [0.2, 0.25) is 0 Å². The van der Waals surface area contributed by atoms with Crippen LogP contribution < -0.4 is 0 Å². The minimum atomic E-state index is -0.400. The van der Waals surface area contributed by atoms with E-state index in [-0.39, 0.29) is 18.1 Å². The number of rotatable bonds is 8. The summed E-state index contributed by atoms with van der Waals surface area (Å²) in [4.78, 5) is 23.4. The molecule has 0 heterocycles. The molecule has 1 atom stereocenters. The molecule has 1 rings (SSSR count). The molecule has 0 N–H and O–H groups in total. The van der Waals surface area contributed by atoms with Crippen LogP contribution in [0.25, 0.3) is 0 Å². The lowest BCUT2D eigenvalue weighted by molar-refractivity contribution is -0.146. The Labute approximate surface area is 110 Å². The number of ether oxygens (including phenoxy) is 1. The Balaban J connectivity index is 2.45. The molecule has 102 valence electrons. The Morgan fingerprint density at radius 1 is 1.39 bits per heavy atom. The van der Waals surface area contributed by atoms with Crippen LogP contribution in [-0.2, 0) is 14.3 Å². The number of esters is 1. The lowest BCUT2D eigenvalue weighted by Gasteiger charge is -2.17. The topological polar surface area (TPSA) is 43.4 Å². The molecule has 3 heteroatoms. The smallest absolute Gasteiger partial charge is 0.313 e. The summed E-state index contributed by atoms with van der Waals surface area (Å²) in [5.41, 5.74) is 0. The molecule has 0 aromatic heterocycles. The van der Waals surface area contributed by atoms with E-state index < -0.39 is 5.97 Å². The Kier molecular flexibility index (Phi) is 6.69. The predicted octanol–water partition coefficient (Wildman–Crippen LogP) is 3.28. The van der Waals surface area contributed by atoms with E-state index in [4.69, 9.17) is 4.74 Å². The van der Waals surface area contributed by atoms with Crippen LogP contribution in [0.15, 0.2) is 12.7 Å². The van der Waals surface area contributed by atoms with Gasteiger partial charge in [-0.25, -0.2) is 0 Å². The van der Waals surface area contributed by atoms with E-state index in [0.717, 1.165) is 6.42 Å². The summed E-state index contributed by atoms with van der Waals surface area (Å²) in [5, 5.41) is 0. The van der Waals surface area contributed by atoms with Crippen molar-refractivity contribution in [1.29, 1.82) is 0 Å². The molecule has 0 aromatic rings. The standard InChI is InChI=1S/C15H24O3/c1-3-7-13(10-12-8-5-6-9-12)14(16)11-15(17)18-4-2/h3,12-13H,1,4-11H2,2H3. The fourth-order valence-electron chi connectivity index (χ4n) is 2.71. The fraction of sp³-hybridized carbons (Fsp3) is 0.733.